The predicted octanol–water partition coefficient (Wildman–Crippen LogP) is 4.00. The number of carbonyl (C=O) groups excluding carboxylic acids is 1. The number of rotatable bonds is 6. The Bertz CT molecular complexity index is 681. The maximum atomic E-state index is 12.4. The molecule has 0 fully saturated rings. The summed E-state index contributed by atoms with van der Waals surface area (Å²) < 4.78 is 1.87. The molecule has 0 bridgehead atoms. The van der Waals surface area contributed by atoms with Crippen LogP contribution in [0.4, 0.5) is 0 Å². The summed E-state index contributed by atoms with van der Waals surface area (Å²) in [6.45, 7) is 8.83. The molecule has 2 rings (SSSR count). The van der Waals surface area contributed by atoms with Crippen LogP contribution in [0.3, 0.4) is 0 Å². The van der Waals surface area contributed by atoms with Gasteiger partial charge in [-0.2, -0.15) is 5.10 Å². The van der Waals surface area contributed by atoms with Crippen LogP contribution in [0.15, 0.2) is 42.6 Å². The van der Waals surface area contributed by atoms with Crippen LogP contribution in [0.25, 0.3) is 5.69 Å². The summed E-state index contributed by atoms with van der Waals surface area (Å²) in [6, 6.07) is 8.17. The quantitative estimate of drug-likeness (QED) is 0.647. The van der Waals surface area contributed by atoms with Gasteiger partial charge in [0.05, 0.1) is 23.1 Å². The molecule has 0 saturated heterocycles. The summed E-state index contributed by atoms with van der Waals surface area (Å²) in [7, 11) is 0. The Morgan fingerprint density at radius 2 is 2.00 bits per heavy atom. The Hall–Kier alpha value is -2.36. The molecule has 2 aromatic rings. The zero-order chi connectivity index (χ0) is 16.8. The van der Waals surface area contributed by atoms with E-state index >= 15 is 0 Å². The fraction of sp³-hybridized carbons (Fsp3) is 0.368. The third-order valence-corrected chi connectivity index (χ3v) is 3.71. The molecule has 1 N–H and O–H groups in total. The van der Waals surface area contributed by atoms with Crippen LogP contribution >= 0.6 is 0 Å². The van der Waals surface area contributed by atoms with Gasteiger partial charge in [-0.25, -0.2) is 4.68 Å². The standard InChI is InChI=1S/C19H25N3O/c1-5-6-7-12-20-19(23)17-13-21-22(18(17)14(2)3)16-10-8-15(4)9-11-16/h5-6,8-11,13-14H,7,12H2,1-4H3,(H,20,23)/b6-5+. The van der Waals surface area contributed by atoms with Crippen LogP contribution in [-0.2, 0) is 0 Å². The zero-order valence-electron chi connectivity index (χ0n) is 14.3. The highest BCUT2D eigenvalue weighted by Gasteiger charge is 2.20. The topological polar surface area (TPSA) is 46.9 Å². The van der Waals surface area contributed by atoms with Crippen molar-refractivity contribution in [1.29, 1.82) is 0 Å². The van der Waals surface area contributed by atoms with Gasteiger partial charge < -0.3 is 5.32 Å². The van der Waals surface area contributed by atoms with E-state index < -0.39 is 0 Å². The molecule has 0 saturated carbocycles. The van der Waals surface area contributed by atoms with Crippen LogP contribution in [0.2, 0.25) is 0 Å². The number of carbonyl (C=O) groups is 1. The lowest BCUT2D eigenvalue weighted by Gasteiger charge is -2.13. The van der Waals surface area contributed by atoms with E-state index in [2.05, 4.69) is 43.3 Å². The smallest absolute Gasteiger partial charge is 0.254 e. The minimum absolute atomic E-state index is 0.0587. The van der Waals surface area contributed by atoms with Crippen LogP contribution in [0.1, 0.15) is 54.7 Å². The molecule has 0 aliphatic heterocycles. The van der Waals surface area contributed by atoms with Crippen LogP contribution in [0.5, 0.6) is 0 Å². The molecule has 4 nitrogen and oxygen atoms in total. The zero-order valence-corrected chi connectivity index (χ0v) is 14.3. The molecule has 4 heteroatoms. The first-order valence-corrected chi connectivity index (χ1v) is 8.09. The second-order valence-electron chi connectivity index (χ2n) is 5.96. The molecule has 0 spiro atoms. The number of hydrogen-bond acceptors (Lipinski definition) is 2. The number of hydrogen-bond donors (Lipinski definition) is 1. The highest BCUT2D eigenvalue weighted by molar-refractivity contribution is 5.95. The average molecular weight is 311 g/mol. The van der Waals surface area contributed by atoms with Gasteiger partial charge in [-0.1, -0.05) is 43.7 Å². The van der Waals surface area contributed by atoms with Crippen molar-refractivity contribution in [2.24, 2.45) is 0 Å². The Labute approximate surface area is 138 Å². The van der Waals surface area contributed by atoms with Gasteiger partial charge in [-0.15, -0.1) is 0 Å². The van der Waals surface area contributed by atoms with Crippen LogP contribution < -0.4 is 5.32 Å². The fourth-order valence-electron chi connectivity index (χ4n) is 2.51. The highest BCUT2D eigenvalue weighted by atomic mass is 16.1. The Kier molecular flexibility index (Phi) is 5.74. The van der Waals surface area contributed by atoms with Gasteiger partial charge in [0.25, 0.3) is 5.91 Å². The molecule has 0 radical (unpaired) electrons. The van der Waals surface area contributed by atoms with Crippen molar-refractivity contribution in [2.75, 3.05) is 6.54 Å². The molecule has 0 unspecified atom stereocenters. The molecule has 122 valence electrons. The Morgan fingerprint density at radius 3 is 2.61 bits per heavy atom. The van der Waals surface area contributed by atoms with Gasteiger partial charge in [0, 0.05) is 6.54 Å². The van der Waals surface area contributed by atoms with Gasteiger partial charge in [0.15, 0.2) is 0 Å². The van der Waals surface area contributed by atoms with Crippen LogP contribution in [0, 0.1) is 6.92 Å². The molecule has 23 heavy (non-hydrogen) atoms. The fourth-order valence-corrected chi connectivity index (χ4v) is 2.51. The van der Waals surface area contributed by atoms with Crippen LogP contribution in [-0.4, -0.2) is 22.2 Å². The maximum Gasteiger partial charge on any atom is 0.254 e. The Balaban J connectivity index is 2.27. The van der Waals surface area contributed by atoms with E-state index in [0.717, 1.165) is 17.8 Å². The maximum absolute atomic E-state index is 12.4. The second kappa shape index (κ2) is 7.77. The summed E-state index contributed by atoms with van der Waals surface area (Å²) >= 11 is 0. The SMILES string of the molecule is C/C=C/CCNC(=O)c1cnn(-c2ccc(C)cc2)c1C(C)C. The molecule has 1 aromatic carbocycles. The highest BCUT2D eigenvalue weighted by Crippen LogP contribution is 2.23. The third kappa shape index (κ3) is 4.09. The number of nitrogens with one attached hydrogen (secondary N) is 1. The summed E-state index contributed by atoms with van der Waals surface area (Å²) in [6.07, 6.45) is 6.53. The van der Waals surface area contributed by atoms with Gasteiger partial charge in [0.1, 0.15) is 0 Å². The lowest BCUT2D eigenvalue weighted by atomic mass is 10.0. The summed E-state index contributed by atoms with van der Waals surface area (Å²) in [5, 5.41) is 7.40. The van der Waals surface area contributed by atoms with Crippen molar-refractivity contribution in [1.82, 2.24) is 15.1 Å². The normalized spacial score (nSPS) is 11.3. The van der Waals surface area contributed by atoms with Gasteiger partial charge in [0.2, 0.25) is 0 Å². The van der Waals surface area contributed by atoms with E-state index in [9.17, 15) is 4.79 Å². The summed E-state index contributed by atoms with van der Waals surface area (Å²) in [5.74, 6) is 0.145. The van der Waals surface area contributed by atoms with Crippen molar-refractivity contribution in [3.8, 4) is 5.69 Å². The number of allylic oxidation sites excluding steroid dienone is 1. The molecule has 1 heterocycles. The second-order valence-corrected chi connectivity index (χ2v) is 5.96. The average Bonchev–Trinajstić information content (AvgIpc) is 2.97. The molecular weight excluding hydrogens is 286 g/mol. The molecule has 0 atom stereocenters. The van der Waals surface area contributed by atoms with Gasteiger partial charge in [-0.05, 0) is 38.3 Å². The minimum atomic E-state index is -0.0587. The largest absolute Gasteiger partial charge is 0.352 e. The van der Waals surface area contributed by atoms with Crippen molar-refractivity contribution in [2.45, 2.75) is 40.0 Å². The first kappa shape index (κ1) is 17.0. The van der Waals surface area contributed by atoms with E-state index in [-0.39, 0.29) is 11.8 Å². The van der Waals surface area contributed by atoms with Crippen molar-refractivity contribution >= 4 is 5.91 Å². The summed E-state index contributed by atoms with van der Waals surface area (Å²) in [5.41, 5.74) is 3.78. The molecule has 0 aliphatic rings. The number of aromatic nitrogens is 2. The minimum Gasteiger partial charge on any atom is -0.352 e. The number of benzene rings is 1. The van der Waals surface area contributed by atoms with E-state index in [1.54, 1.807) is 6.20 Å². The molecule has 0 aliphatic carbocycles. The van der Waals surface area contributed by atoms with E-state index in [4.69, 9.17) is 0 Å². The van der Waals surface area contributed by atoms with Gasteiger partial charge in [-0.3, -0.25) is 4.79 Å². The van der Waals surface area contributed by atoms with E-state index in [0.29, 0.717) is 12.1 Å². The molecular formula is C19H25N3O. The van der Waals surface area contributed by atoms with Gasteiger partial charge >= 0.3 is 0 Å². The molecule has 1 amide bonds. The number of aryl methyl sites for hydroxylation is 1. The van der Waals surface area contributed by atoms with Crippen molar-refractivity contribution in [3.63, 3.8) is 0 Å². The molecule has 1 aromatic heterocycles. The monoisotopic (exact) mass is 311 g/mol. The summed E-state index contributed by atoms with van der Waals surface area (Å²) in [4.78, 5) is 12.4. The van der Waals surface area contributed by atoms with Crippen molar-refractivity contribution < 1.29 is 4.79 Å². The number of amides is 1. The first-order chi connectivity index (χ1) is 11.0. The third-order valence-electron chi connectivity index (χ3n) is 3.71. The number of nitrogens with zero attached hydrogens (tertiary/aromatic N) is 2. The van der Waals surface area contributed by atoms with E-state index in [1.165, 1.54) is 5.56 Å². The van der Waals surface area contributed by atoms with E-state index in [1.807, 2.05) is 35.9 Å². The Morgan fingerprint density at radius 1 is 1.30 bits per heavy atom. The van der Waals surface area contributed by atoms with Crippen molar-refractivity contribution in [3.05, 3.63) is 59.4 Å². The predicted molar refractivity (Wildman–Crippen MR) is 94.2 cm³/mol. The first-order valence-electron chi connectivity index (χ1n) is 8.09. The lowest BCUT2D eigenvalue weighted by molar-refractivity contribution is 0.0953. The lowest BCUT2D eigenvalue weighted by Crippen LogP contribution is -2.25.